The number of hydrogen-bond donors (Lipinski definition) is 0. The fourth-order valence-corrected chi connectivity index (χ4v) is 1.91. The van der Waals surface area contributed by atoms with Crippen LogP contribution in [-0.4, -0.2) is 41.2 Å². The van der Waals surface area contributed by atoms with Gasteiger partial charge in [-0.25, -0.2) is 19.7 Å². The molecule has 0 saturated carbocycles. The predicted octanol–water partition coefficient (Wildman–Crippen LogP) is 1.40. The molecule has 2 heterocycles. The number of thiazole rings is 1. The third-order valence-corrected chi connectivity index (χ3v) is 2.83. The third-order valence-electron chi connectivity index (χ3n) is 1.99. The number of carbonyl (C=O) groups is 1. The van der Waals surface area contributed by atoms with Crippen molar-refractivity contribution in [3.63, 3.8) is 0 Å². The third kappa shape index (κ3) is 3.08. The monoisotopic (exact) mass is 265 g/mol. The van der Waals surface area contributed by atoms with E-state index in [-0.39, 0.29) is 12.3 Å². The molecule has 0 atom stereocenters. The van der Waals surface area contributed by atoms with Crippen LogP contribution in [0.2, 0.25) is 0 Å². The molecule has 0 fully saturated rings. The summed E-state index contributed by atoms with van der Waals surface area (Å²) in [5, 5.41) is 2.22. The molecule has 18 heavy (non-hydrogen) atoms. The number of esters is 1. The Morgan fingerprint density at radius 3 is 2.83 bits per heavy atom. The van der Waals surface area contributed by atoms with Crippen LogP contribution >= 0.6 is 11.3 Å². The molecule has 94 valence electrons. The fraction of sp³-hybridized carbons (Fsp3) is 0.273. The van der Waals surface area contributed by atoms with E-state index in [1.54, 1.807) is 30.9 Å². The Labute approximate surface area is 108 Å². The van der Waals surface area contributed by atoms with Gasteiger partial charge < -0.3 is 9.47 Å². The quantitative estimate of drug-likeness (QED) is 0.601. The van der Waals surface area contributed by atoms with Crippen molar-refractivity contribution in [1.82, 2.24) is 15.0 Å². The first-order valence-electron chi connectivity index (χ1n) is 5.20. The zero-order chi connectivity index (χ0) is 12.8. The van der Waals surface area contributed by atoms with Crippen LogP contribution in [0.3, 0.4) is 0 Å². The second kappa shape index (κ2) is 6.18. The van der Waals surface area contributed by atoms with E-state index in [9.17, 15) is 4.79 Å². The minimum atomic E-state index is -0.467. The van der Waals surface area contributed by atoms with Gasteiger partial charge in [-0.2, -0.15) is 0 Å². The Morgan fingerprint density at radius 1 is 1.33 bits per heavy atom. The summed E-state index contributed by atoms with van der Waals surface area (Å²) in [7, 11) is 1.54. The summed E-state index contributed by atoms with van der Waals surface area (Å²) in [5.41, 5.74) is 0.263. The van der Waals surface area contributed by atoms with Crippen molar-refractivity contribution in [1.29, 1.82) is 0 Å². The SMILES string of the molecule is COCCOC(=O)c1csc(-c2ncccn2)n1. The molecule has 0 bridgehead atoms. The lowest BCUT2D eigenvalue weighted by Gasteiger charge is -2.00. The number of aromatic nitrogens is 3. The smallest absolute Gasteiger partial charge is 0.357 e. The summed E-state index contributed by atoms with van der Waals surface area (Å²) < 4.78 is 9.74. The second-order valence-electron chi connectivity index (χ2n) is 3.24. The van der Waals surface area contributed by atoms with Crippen LogP contribution in [0.5, 0.6) is 0 Å². The minimum Gasteiger partial charge on any atom is -0.458 e. The van der Waals surface area contributed by atoms with Crippen LogP contribution in [0, 0.1) is 0 Å². The van der Waals surface area contributed by atoms with Crippen molar-refractivity contribution in [3.05, 3.63) is 29.5 Å². The number of methoxy groups -OCH3 is 1. The van der Waals surface area contributed by atoms with Crippen LogP contribution in [0.4, 0.5) is 0 Å². The maximum absolute atomic E-state index is 11.6. The van der Waals surface area contributed by atoms with E-state index < -0.39 is 5.97 Å². The van der Waals surface area contributed by atoms with Gasteiger partial charge in [-0.1, -0.05) is 0 Å². The highest BCUT2D eigenvalue weighted by Gasteiger charge is 2.14. The Morgan fingerprint density at radius 2 is 2.11 bits per heavy atom. The molecule has 0 aliphatic rings. The predicted molar refractivity (Wildman–Crippen MR) is 65.3 cm³/mol. The molecule has 2 rings (SSSR count). The average Bonchev–Trinajstić information content (AvgIpc) is 2.89. The van der Waals surface area contributed by atoms with Gasteiger partial charge in [-0.15, -0.1) is 11.3 Å². The van der Waals surface area contributed by atoms with Crippen molar-refractivity contribution in [3.8, 4) is 10.8 Å². The van der Waals surface area contributed by atoms with Crippen LogP contribution in [0.1, 0.15) is 10.5 Å². The number of carbonyl (C=O) groups excluding carboxylic acids is 1. The van der Waals surface area contributed by atoms with E-state index in [1.165, 1.54) is 11.3 Å². The Balaban J connectivity index is 2.04. The molecule has 7 heteroatoms. The van der Waals surface area contributed by atoms with Gasteiger partial charge in [0, 0.05) is 24.9 Å². The van der Waals surface area contributed by atoms with Crippen molar-refractivity contribution < 1.29 is 14.3 Å². The molecule has 6 nitrogen and oxygen atoms in total. The van der Waals surface area contributed by atoms with Gasteiger partial charge in [0.05, 0.1) is 6.61 Å². The normalized spacial score (nSPS) is 10.3. The number of hydrogen-bond acceptors (Lipinski definition) is 7. The van der Waals surface area contributed by atoms with Gasteiger partial charge >= 0.3 is 5.97 Å². The molecule has 0 saturated heterocycles. The van der Waals surface area contributed by atoms with Gasteiger partial charge in [0.2, 0.25) is 0 Å². The van der Waals surface area contributed by atoms with Gasteiger partial charge in [-0.05, 0) is 6.07 Å². The Bertz CT molecular complexity index is 515. The van der Waals surface area contributed by atoms with Crippen molar-refractivity contribution in [2.45, 2.75) is 0 Å². The van der Waals surface area contributed by atoms with Crippen LogP contribution in [0.25, 0.3) is 10.8 Å². The summed E-state index contributed by atoms with van der Waals surface area (Å²) in [5.74, 6) is 0.0314. The highest BCUT2D eigenvalue weighted by Crippen LogP contribution is 2.19. The molecule has 0 N–H and O–H groups in total. The van der Waals surface area contributed by atoms with Gasteiger partial charge in [0.1, 0.15) is 6.61 Å². The number of ether oxygens (including phenoxy) is 2. The maximum atomic E-state index is 11.6. The Hall–Kier alpha value is -1.86. The number of nitrogens with zero attached hydrogens (tertiary/aromatic N) is 3. The summed E-state index contributed by atoms with van der Waals surface area (Å²) in [6.45, 7) is 0.578. The minimum absolute atomic E-state index is 0.212. The van der Waals surface area contributed by atoms with E-state index in [1.807, 2.05) is 0 Å². The van der Waals surface area contributed by atoms with Crippen LogP contribution in [0.15, 0.2) is 23.8 Å². The van der Waals surface area contributed by atoms with E-state index in [0.717, 1.165) is 0 Å². The van der Waals surface area contributed by atoms with Crippen molar-refractivity contribution >= 4 is 17.3 Å². The highest BCUT2D eigenvalue weighted by molar-refractivity contribution is 7.13. The summed E-state index contributed by atoms with van der Waals surface area (Å²) in [6.07, 6.45) is 3.25. The topological polar surface area (TPSA) is 74.2 Å². The molecular formula is C11H11N3O3S. The van der Waals surface area contributed by atoms with Crippen molar-refractivity contribution in [2.75, 3.05) is 20.3 Å². The molecule has 0 aromatic carbocycles. The molecule has 0 amide bonds. The standard InChI is InChI=1S/C11H11N3O3S/c1-16-5-6-17-11(15)8-7-18-10(14-8)9-12-3-2-4-13-9/h2-4,7H,5-6H2,1H3. The van der Waals surface area contributed by atoms with E-state index in [2.05, 4.69) is 15.0 Å². The summed E-state index contributed by atoms with van der Waals surface area (Å²) >= 11 is 1.30. The molecule has 0 aliphatic heterocycles. The summed E-state index contributed by atoms with van der Waals surface area (Å²) in [6, 6.07) is 1.72. The largest absolute Gasteiger partial charge is 0.458 e. The molecule has 2 aromatic heterocycles. The lowest BCUT2D eigenvalue weighted by atomic mass is 10.5. The zero-order valence-corrected chi connectivity index (χ0v) is 10.5. The van der Waals surface area contributed by atoms with E-state index in [4.69, 9.17) is 9.47 Å². The Kier molecular flexibility index (Phi) is 4.32. The van der Waals surface area contributed by atoms with Crippen molar-refractivity contribution in [2.24, 2.45) is 0 Å². The molecule has 0 aliphatic carbocycles. The first-order valence-corrected chi connectivity index (χ1v) is 6.08. The second-order valence-corrected chi connectivity index (χ2v) is 4.10. The van der Waals surface area contributed by atoms with E-state index >= 15 is 0 Å². The van der Waals surface area contributed by atoms with Gasteiger partial charge in [-0.3, -0.25) is 0 Å². The first kappa shape index (κ1) is 12.6. The molecule has 2 aromatic rings. The van der Waals surface area contributed by atoms with Gasteiger partial charge in [0.25, 0.3) is 0 Å². The molecule has 0 radical (unpaired) electrons. The first-order chi connectivity index (χ1) is 8.81. The van der Waals surface area contributed by atoms with Gasteiger partial charge in [0.15, 0.2) is 16.5 Å². The highest BCUT2D eigenvalue weighted by atomic mass is 32.1. The maximum Gasteiger partial charge on any atom is 0.357 e. The molecule has 0 unspecified atom stereocenters. The number of rotatable bonds is 5. The average molecular weight is 265 g/mol. The molecular weight excluding hydrogens is 254 g/mol. The lowest BCUT2D eigenvalue weighted by Crippen LogP contribution is -2.10. The lowest BCUT2D eigenvalue weighted by molar-refractivity contribution is 0.0382. The van der Waals surface area contributed by atoms with Crippen LogP contribution in [-0.2, 0) is 9.47 Å². The summed E-state index contributed by atoms with van der Waals surface area (Å²) in [4.78, 5) is 23.9. The van der Waals surface area contributed by atoms with Crippen LogP contribution < -0.4 is 0 Å². The zero-order valence-electron chi connectivity index (χ0n) is 9.70. The molecule has 0 spiro atoms. The van der Waals surface area contributed by atoms with E-state index in [0.29, 0.717) is 17.4 Å². The fourth-order valence-electron chi connectivity index (χ4n) is 1.17.